The molecular weight excluding hydrogens is 298 g/mol. The number of fused-ring (bicyclic) bond motifs is 2. The number of halogens is 1. The van der Waals surface area contributed by atoms with Crippen LogP contribution in [-0.2, 0) is 4.79 Å². The van der Waals surface area contributed by atoms with E-state index in [0.717, 1.165) is 28.5 Å². The quantitative estimate of drug-likeness (QED) is 0.909. The summed E-state index contributed by atoms with van der Waals surface area (Å²) in [4.78, 5) is 12.4. The van der Waals surface area contributed by atoms with E-state index in [1.807, 2.05) is 32.9 Å². The van der Waals surface area contributed by atoms with Crippen molar-refractivity contribution in [2.75, 3.05) is 0 Å². The van der Waals surface area contributed by atoms with Crippen molar-refractivity contribution in [3.05, 3.63) is 28.3 Å². The summed E-state index contributed by atoms with van der Waals surface area (Å²) in [6.07, 6.45) is 4.55. The van der Waals surface area contributed by atoms with Crippen LogP contribution in [0.25, 0.3) is 0 Å². The van der Waals surface area contributed by atoms with Crippen molar-refractivity contribution >= 4 is 17.5 Å². The highest BCUT2D eigenvalue weighted by atomic mass is 35.5. The summed E-state index contributed by atoms with van der Waals surface area (Å²) in [5, 5.41) is 3.94. The molecule has 0 spiro atoms. The number of carbonyl (C=O) groups excluding carboxylic acids is 1. The fourth-order valence-corrected chi connectivity index (χ4v) is 4.06. The predicted molar refractivity (Wildman–Crippen MR) is 88.4 cm³/mol. The maximum absolute atomic E-state index is 12.4. The number of rotatable bonds is 4. The number of ether oxygens (including phenoxy) is 1. The Morgan fingerprint density at radius 2 is 1.95 bits per heavy atom. The Bertz CT molecular complexity index is 563. The zero-order valence-electron chi connectivity index (χ0n) is 13.5. The number of aryl methyl sites for hydroxylation is 2. The van der Waals surface area contributed by atoms with Gasteiger partial charge in [-0.05, 0) is 75.1 Å². The molecule has 1 N–H and O–H groups in total. The van der Waals surface area contributed by atoms with Crippen molar-refractivity contribution < 1.29 is 9.53 Å². The van der Waals surface area contributed by atoms with Gasteiger partial charge in [0.25, 0.3) is 5.91 Å². The molecule has 4 atom stereocenters. The average Bonchev–Trinajstić information content (AvgIpc) is 3.07. The molecule has 0 aliphatic heterocycles. The maximum atomic E-state index is 12.4. The Balaban J connectivity index is 1.59. The van der Waals surface area contributed by atoms with Crippen LogP contribution in [0.1, 0.15) is 43.7 Å². The van der Waals surface area contributed by atoms with Crippen LogP contribution in [0.15, 0.2) is 12.1 Å². The summed E-state index contributed by atoms with van der Waals surface area (Å²) in [6, 6.07) is 4.12. The second-order valence-corrected chi connectivity index (χ2v) is 7.30. The van der Waals surface area contributed by atoms with Gasteiger partial charge < -0.3 is 10.1 Å². The van der Waals surface area contributed by atoms with E-state index >= 15 is 0 Å². The molecule has 1 aromatic rings. The maximum Gasteiger partial charge on any atom is 0.261 e. The van der Waals surface area contributed by atoms with Gasteiger partial charge in [-0.2, -0.15) is 0 Å². The van der Waals surface area contributed by atoms with E-state index in [1.54, 1.807) is 0 Å². The Kier molecular flexibility index (Phi) is 4.35. The molecule has 2 aliphatic rings. The van der Waals surface area contributed by atoms with Crippen molar-refractivity contribution in [1.29, 1.82) is 0 Å². The van der Waals surface area contributed by atoms with E-state index in [1.165, 1.54) is 19.3 Å². The van der Waals surface area contributed by atoms with Gasteiger partial charge in [0.1, 0.15) is 5.75 Å². The first kappa shape index (κ1) is 15.7. The van der Waals surface area contributed by atoms with Gasteiger partial charge in [-0.15, -0.1) is 0 Å². The fraction of sp³-hybridized carbons (Fsp3) is 0.611. The highest BCUT2D eigenvalue weighted by Crippen LogP contribution is 2.44. The SMILES string of the molecule is Cc1cc(O[C@H](C)C(=O)N[C@@H]2C[C@H]3CC[C@H]2C3)cc(C)c1Cl. The lowest BCUT2D eigenvalue weighted by atomic mass is 9.95. The molecule has 120 valence electrons. The second kappa shape index (κ2) is 6.11. The predicted octanol–water partition coefficient (Wildman–Crippen LogP) is 4.03. The van der Waals surface area contributed by atoms with Gasteiger partial charge >= 0.3 is 0 Å². The first-order valence-corrected chi connectivity index (χ1v) is 8.55. The molecule has 1 aromatic carbocycles. The van der Waals surface area contributed by atoms with Crippen LogP contribution in [0.2, 0.25) is 5.02 Å². The standard InChI is InChI=1S/C18H24ClNO2/c1-10-6-15(7-11(2)17(10)19)22-12(3)18(21)20-16-9-13-4-5-14(16)8-13/h6-7,12-14,16H,4-5,8-9H2,1-3H3,(H,20,21)/t12-,13+,14+,16-/m1/s1. The van der Waals surface area contributed by atoms with Gasteiger partial charge in [0, 0.05) is 11.1 Å². The van der Waals surface area contributed by atoms with Crippen molar-refractivity contribution in [2.24, 2.45) is 11.8 Å². The Morgan fingerprint density at radius 1 is 1.27 bits per heavy atom. The monoisotopic (exact) mass is 321 g/mol. The first-order chi connectivity index (χ1) is 10.4. The molecule has 0 aromatic heterocycles. The highest BCUT2D eigenvalue weighted by molar-refractivity contribution is 6.32. The van der Waals surface area contributed by atoms with Crippen LogP contribution in [-0.4, -0.2) is 18.1 Å². The summed E-state index contributed by atoms with van der Waals surface area (Å²) in [6.45, 7) is 5.70. The molecule has 0 radical (unpaired) electrons. The zero-order chi connectivity index (χ0) is 15.9. The summed E-state index contributed by atoms with van der Waals surface area (Å²) in [5.74, 6) is 2.20. The lowest BCUT2D eigenvalue weighted by Crippen LogP contribution is -2.44. The molecule has 0 heterocycles. The Morgan fingerprint density at radius 3 is 2.50 bits per heavy atom. The second-order valence-electron chi connectivity index (χ2n) is 6.92. The normalized spacial score (nSPS) is 27.7. The number of nitrogens with one attached hydrogen (secondary N) is 1. The largest absolute Gasteiger partial charge is 0.481 e. The van der Waals surface area contributed by atoms with E-state index in [9.17, 15) is 4.79 Å². The van der Waals surface area contributed by atoms with Gasteiger partial charge in [-0.25, -0.2) is 0 Å². The molecule has 3 rings (SSSR count). The number of carbonyl (C=O) groups is 1. The molecule has 2 fully saturated rings. The van der Waals surface area contributed by atoms with Crippen molar-refractivity contribution in [3.63, 3.8) is 0 Å². The molecular formula is C18H24ClNO2. The van der Waals surface area contributed by atoms with E-state index < -0.39 is 6.10 Å². The first-order valence-electron chi connectivity index (χ1n) is 8.18. The van der Waals surface area contributed by atoms with Crippen molar-refractivity contribution in [1.82, 2.24) is 5.32 Å². The lowest BCUT2D eigenvalue weighted by Gasteiger charge is -2.25. The summed E-state index contributed by atoms with van der Waals surface area (Å²) in [7, 11) is 0. The number of hydrogen-bond donors (Lipinski definition) is 1. The highest BCUT2D eigenvalue weighted by Gasteiger charge is 2.40. The van der Waals surface area contributed by atoms with Crippen molar-refractivity contribution in [3.8, 4) is 5.75 Å². The van der Waals surface area contributed by atoms with Gasteiger partial charge in [0.2, 0.25) is 0 Å². The Labute approximate surface area is 137 Å². The minimum Gasteiger partial charge on any atom is -0.481 e. The average molecular weight is 322 g/mol. The fourth-order valence-electron chi connectivity index (χ4n) is 3.95. The molecule has 0 unspecified atom stereocenters. The number of benzene rings is 1. The number of hydrogen-bond acceptors (Lipinski definition) is 2. The molecule has 2 saturated carbocycles. The van der Waals surface area contributed by atoms with Crippen LogP contribution in [0.5, 0.6) is 5.75 Å². The molecule has 2 aliphatic carbocycles. The molecule has 3 nitrogen and oxygen atoms in total. The van der Waals surface area contributed by atoms with E-state index in [0.29, 0.717) is 17.7 Å². The van der Waals surface area contributed by atoms with Crippen LogP contribution < -0.4 is 10.1 Å². The minimum atomic E-state index is -0.487. The molecule has 1 amide bonds. The lowest BCUT2D eigenvalue weighted by molar-refractivity contribution is -0.128. The van der Waals surface area contributed by atoms with Crippen LogP contribution in [0, 0.1) is 25.7 Å². The van der Waals surface area contributed by atoms with E-state index in [4.69, 9.17) is 16.3 Å². The minimum absolute atomic E-state index is 0.0113. The van der Waals surface area contributed by atoms with Crippen LogP contribution in [0.4, 0.5) is 0 Å². The van der Waals surface area contributed by atoms with Gasteiger partial charge in [-0.3, -0.25) is 4.79 Å². The smallest absolute Gasteiger partial charge is 0.261 e. The van der Waals surface area contributed by atoms with Gasteiger partial charge in [0.15, 0.2) is 6.10 Å². The third-order valence-corrected chi connectivity index (χ3v) is 5.75. The van der Waals surface area contributed by atoms with E-state index in [-0.39, 0.29) is 5.91 Å². The molecule has 0 saturated heterocycles. The zero-order valence-corrected chi connectivity index (χ0v) is 14.2. The van der Waals surface area contributed by atoms with E-state index in [2.05, 4.69) is 5.32 Å². The van der Waals surface area contributed by atoms with Crippen LogP contribution >= 0.6 is 11.6 Å². The molecule has 22 heavy (non-hydrogen) atoms. The summed E-state index contributed by atoms with van der Waals surface area (Å²) >= 11 is 6.16. The summed E-state index contributed by atoms with van der Waals surface area (Å²) in [5.41, 5.74) is 1.94. The van der Waals surface area contributed by atoms with Gasteiger partial charge in [-0.1, -0.05) is 18.0 Å². The third-order valence-electron chi connectivity index (χ3n) is 5.16. The van der Waals surface area contributed by atoms with Gasteiger partial charge in [0.05, 0.1) is 0 Å². The van der Waals surface area contributed by atoms with Crippen molar-refractivity contribution in [2.45, 2.75) is 58.6 Å². The number of amides is 1. The summed E-state index contributed by atoms with van der Waals surface area (Å²) < 4.78 is 5.81. The molecule has 4 heteroatoms. The molecule has 2 bridgehead atoms. The topological polar surface area (TPSA) is 38.3 Å². The third kappa shape index (κ3) is 3.10. The van der Waals surface area contributed by atoms with Crippen LogP contribution in [0.3, 0.4) is 0 Å². The Hall–Kier alpha value is -1.22.